The van der Waals surface area contributed by atoms with Gasteiger partial charge >= 0.3 is 0 Å². The first-order valence-corrected chi connectivity index (χ1v) is 8.90. The third kappa shape index (κ3) is 4.71. The van der Waals surface area contributed by atoms with Gasteiger partial charge in [-0.05, 0) is 72.8 Å². The molecule has 0 spiro atoms. The van der Waals surface area contributed by atoms with Gasteiger partial charge in [-0.15, -0.1) is 0 Å². The van der Waals surface area contributed by atoms with Crippen LogP contribution in [-0.2, 0) is 0 Å². The molecular formula is C24H16F2O3. The predicted molar refractivity (Wildman–Crippen MR) is 106 cm³/mol. The summed E-state index contributed by atoms with van der Waals surface area (Å²) in [4.78, 5) is 0. The Bertz CT molecular complexity index is 1000. The fraction of sp³-hybridized carbons (Fsp3) is 0. The molecular weight excluding hydrogens is 374 g/mol. The highest BCUT2D eigenvalue weighted by atomic mass is 19.1. The van der Waals surface area contributed by atoms with Crippen LogP contribution in [0.2, 0.25) is 0 Å². The molecule has 0 saturated carbocycles. The minimum atomic E-state index is -0.339. The van der Waals surface area contributed by atoms with Gasteiger partial charge in [0.25, 0.3) is 0 Å². The van der Waals surface area contributed by atoms with Gasteiger partial charge in [-0.1, -0.05) is 24.3 Å². The number of hydrogen-bond donors (Lipinski definition) is 0. The van der Waals surface area contributed by atoms with E-state index in [0.717, 1.165) is 0 Å². The van der Waals surface area contributed by atoms with Crippen LogP contribution in [0.3, 0.4) is 0 Å². The van der Waals surface area contributed by atoms with E-state index in [0.29, 0.717) is 34.5 Å². The third-order valence-electron chi connectivity index (χ3n) is 4.00. The first-order valence-electron chi connectivity index (χ1n) is 8.90. The first kappa shape index (κ1) is 18.5. The van der Waals surface area contributed by atoms with E-state index in [9.17, 15) is 8.78 Å². The molecule has 0 saturated heterocycles. The summed E-state index contributed by atoms with van der Waals surface area (Å²) < 4.78 is 43.9. The van der Waals surface area contributed by atoms with Crippen molar-refractivity contribution in [1.82, 2.24) is 0 Å². The van der Waals surface area contributed by atoms with Crippen LogP contribution < -0.4 is 14.2 Å². The van der Waals surface area contributed by atoms with E-state index >= 15 is 0 Å². The molecule has 144 valence electrons. The summed E-state index contributed by atoms with van der Waals surface area (Å²) in [6.07, 6.45) is 0. The van der Waals surface area contributed by atoms with Crippen LogP contribution in [0, 0.1) is 11.6 Å². The number of para-hydroxylation sites is 4. The van der Waals surface area contributed by atoms with Crippen molar-refractivity contribution in [3.05, 3.63) is 109 Å². The zero-order valence-corrected chi connectivity index (χ0v) is 15.2. The molecule has 4 aromatic rings. The van der Waals surface area contributed by atoms with E-state index in [1.165, 1.54) is 48.5 Å². The highest BCUT2D eigenvalue weighted by molar-refractivity contribution is 5.49. The van der Waals surface area contributed by atoms with Crippen molar-refractivity contribution in [2.24, 2.45) is 0 Å². The number of rotatable bonds is 6. The SMILES string of the molecule is Fc1ccc(Oc2ccccc2Oc2ccccc2Oc2ccc(F)cc2)cc1. The highest BCUT2D eigenvalue weighted by Gasteiger charge is 2.11. The van der Waals surface area contributed by atoms with Crippen molar-refractivity contribution in [2.45, 2.75) is 0 Å². The Balaban J connectivity index is 1.58. The lowest BCUT2D eigenvalue weighted by Gasteiger charge is -2.15. The zero-order chi connectivity index (χ0) is 20.1. The minimum absolute atomic E-state index is 0.339. The predicted octanol–water partition coefficient (Wildman–Crippen LogP) is 7.34. The second kappa shape index (κ2) is 8.44. The van der Waals surface area contributed by atoms with Crippen molar-refractivity contribution in [3.63, 3.8) is 0 Å². The zero-order valence-electron chi connectivity index (χ0n) is 15.2. The third-order valence-corrected chi connectivity index (χ3v) is 4.00. The maximum Gasteiger partial charge on any atom is 0.170 e. The first-order chi connectivity index (χ1) is 14.2. The molecule has 0 atom stereocenters. The van der Waals surface area contributed by atoms with E-state index in [-0.39, 0.29) is 11.6 Å². The lowest BCUT2D eigenvalue weighted by molar-refractivity contribution is 0.393. The molecule has 0 bridgehead atoms. The smallest absolute Gasteiger partial charge is 0.170 e. The van der Waals surface area contributed by atoms with Crippen molar-refractivity contribution in [3.8, 4) is 34.5 Å². The summed E-state index contributed by atoms with van der Waals surface area (Å²) >= 11 is 0. The maximum atomic E-state index is 13.1. The van der Waals surface area contributed by atoms with Crippen LogP contribution in [0.15, 0.2) is 97.1 Å². The van der Waals surface area contributed by atoms with Crippen molar-refractivity contribution < 1.29 is 23.0 Å². The molecule has 0 aromatic heterocycles. The maximum absolute atomic E-state index is 13.1. The average Bonchev–Trinajstić information content (AvgIpc) is 2.74. The van der Waals surface area contributed by atoms with Crippen molar-refractivity contribution >= 4 is 0 Å². The number of halogens is 2. The molecule has 4 aromatic carbocycles. The number of ether oxygens (including phenoxy) is 3. The largest absolute Gasteiger partial charge is 0.453 e. The Morgan fingerprint density at radius 3 is 1.03 bits per heavy atom. The normalized spacial score (nSPS) is 10.4. The number of hydrogen-bond acceptors (Lipinski definition) is 3. The Labute approximate surface area is 166 Å². The van der Waals surface area contributed by atoms with Crippen molar-refractivity contribution in [1.29, 1.82) is 0 Å². The van der Waals surface area contributed by atoms with E-state index in [1.807, 2.05) is 24.3 Å². The fourth-order valence-electron chi connectivity index (χ4n) is 2.62. The summed E-state index contributed by atoms with van der Waals surface area (Å²) in [7, 11) is 0. The summed E-state index contributed by atoms with van der Waals surface area (Å²) in [6.45, 7) is 0. The molecule has 0 aliphatic carbocycles. The fourth-order valence-corrected chi connectivity index (χ4v) is 2.62. The molecule has 0 amide bonds. The number of benzene rings is 4. The van der Waals surface area contributed by atoms with Crippen LogP contribution in [0.5, 0.6) is 34.5 Å². The van der Waals surface area contributed by atoms with E-state index < -0.39 is 0 Å². The van der Waals surface area contributed by atoms with Crippen LogP contribution >= 0.6 is 0 Å². The Kier molecular flexibility index (Phi) is 5.38. The van der Waals surface area contributed by atoms with Gasteiger partial charge in [0.2, 0.25) is 0 Å². The molecule has 0 aliphatic heterocycles. The molecule has 5 heteroatoms. The van der Waals surface area contributed by atoms with Gasteiger partial charge in [0.15, 0.2) is 23.0 Å². The molecule has 0 N–H and O–H groups in total. The van der Waals surface area contributed by atoms with Crippen LogP contribution in [0.1, 0.15) is 0 Å². The molecule has 0 fully saturated rings. The summed E-state index contributed by atoms with van der Waals surface area (Å²) in [6, 6.07) is 25.7. The van der Waals surface area contributed by atoms with Gasteiger partial charge in [-0.2, -0.15) is 0 Å². The highest BCUT2D eigenvalue weighted by Crippen LogP contribution is 2.39. The molecule has 0 unspecified atom stereocenters. The Hall–Kier alpha value is -3.86. The molecule has 0 heterocycles. The van der Waals surface area contributed by atoms with Crippen LogP contribution in [0.25, 0.3) is 0 Å². The Morgan fingerprint density at radius 1 is 0.379 bits per heavy atom. The van der Waals surface area contributed by atoms with Gasteiger partial charge in [0.05, 0.1) is 0 Å². The summed E-state index contributed by atoms with van der Waals surface area (Å²) in [5.74, 6) is 2.16. The minimum Gasteiger partial charge on any atom is -0.453 e. The monoisotopic (exact) mass is 390 g/mol. The molecule has 4 rings (SSSR count). The second-order valence-corrected chi connectivity index (χ2v) is 6.11. The second-order valence-electron chi connectivity index (χ2n) is 6.11. The summed E-state index contributed by atoms with van der Waals surface area (Å²) in [5, 5.41) is 0. The van der Waals surface area contributed by atoms with E-state index in [1.54, 1.807) is 24.3 Å². The van der Waals surface area contributed by atoms with Gasteiger partial charge < -0.3 is 14.2 Å². The lowest BCUT2D eigenvalue weighted by Crippen LogP contribution is -1.93. The molecule has 3 nitrogen and oxygen atoms in total. The van der Waals surface area contributed by atoms with E-state index in [4.69, 9.17) is 14.2 Å². The molecule has 0 aliphatic rings. The van der Waals surface area contributed by atoms with Gasteiger partial charge in [0, 0.05) is 0 Å². The van der Waals surface area contributed by atoms with Gasteiger partial charge in [0.1, 0.15) is 23.1 Å². The van der Waals surface area contributed by atoms with Crippen molar-refractivity contribution in [2.75, 3.05) is 0 Å². The molecule has 29 heavy (non-hydrogen) atoms. The van der Waals surface area contributed by atoms with Gasteiger partial charge in [-0.25, -0.2) is 8.78 Å². The lowest BCUT2D eigenvalue weighted by atomic mass is 10.3. The quantitative estimate of drug-likeness (QED) is 0.345. The standard InChI is InChI=1S/C24H16F2O3/c25-17-9-13-19(14-10-17)27-21-5-1-3-7-23(21)29-24-8-4-2-6-22(24)28-20-15-11-18(26)12-16-20/h1-16H. The molecule has 0 radical (unpaired) electrons. The van der Waals surface area contributed by atoms with Crippen LogP contribution in [0.4, 0.5) is 8.78 Å². The van der Waals surface area contributed by atoms with E-state index in [2.05, 4.69) is 0 Å². The average molecular weight is 390 g/mol. The Morgan fingerprint density at radius 2 is 0.690 bits per heavy atom. The topological polar surface area (TPSA) is 27.7 Å². The van der Waals surface area contributed by atoms with Gasteiger partial charge in [-0.3, -0.25) is 0 Å². The summed E-state index contributed by atoms with van der Waals surface area (Å²) in [5.41, 5.74) is 0. The van der Waals surface area contributed by atoms with Crippen LogP contribution in [-0.4, -0.2) is 0 Å².